The number of hydrogen-bond donors (Lipinski definition) is 4. The van der Waals surface area contributed by atoms with Gasteiger partial charge in [-0.3, -0.25) is 4.79 Å². The molecule has 0 saturated carbocycles. The zero-order valence-electron chi connectivity index (χ0n) is 17.5. The van der Waals surface area contributed by atoms with Crippen molar-refractivity contribution < 1.29 is 29.6 Å². The topological polar surface area (TPSA) is 116 Å². The van der Waals surface area contributed by atoms with Crippen molar-refractivity contribution in [2.45, 2.75) is 18.8 Å². The molecule has 4 N–H and O–H groups in total. The predicted molar refractivity (Wildman–Crippen MR) is 125 cm³/mol. The van der Waals surface area contributed by atoms with Gasteiger partial charge in [0.2, 0.25) is 0 Å². The van der Waals surface area contributed by atoms with Crippen LogP contribution in [0.25, 0.3) is 11.1 Å². The Balaban J connectivity index is 1.84. The van der Waals surface area contributed by atoms with Gasteiger partial charge in [0, 0.05) is 17.5 Å². The van der Waals surface area contributed by atoms with Gasteiger partial charge in [0.25, 0.3) is 5.91 Å². The molecule has 0 fully saturated rings. The summed E-state index contributed by atoms with van der Waals surface area (Å²) in [5.41, 5.74) is 2.08. The monoisotopic (exact) mass is 489 g/mol. The third kappa shape index (κ3) is 5.64. The van der Waals surface area contributed by atoms with Crippen LogP contribution in [0.2, 0.25) is 10.0 Å². The van der Waals surface area contributed by atoms with Gasteiger partial charge >= 0.3 is 5.97 Å². The minimum Gasteiger partial charge on any atom is -0.496 e. The third-order valence-electron chi connectivity index (χ3n) is 5.03. The summed E-state index contributed by atoms with van der Waals surface area (Å²) < 4.78 is 5.35. The van der Waals surface area contributed by atoms with Gasteiger partial charge in [-0.25, -0.2) is 4.79 Å². The van der Waals surface area contributed by atoms with E-state index in [1.807, 2.05) is 0 Å². The average molecular weight is 490 g/mol. The van der Waals surface area contributed by atoms with Crippen molar-refractivity contribution in [2.75, 3.05) is 7.11 Å². The van der Waals surface area contributed by atoms with E-state index in [9.17, 15) is 24.9 Å². The molecule has 0 spiro atoms. The number of benzene rings is 3. The lowest BCUT2D eigenvalue weighted by Crippen LogP contribution is -2.42. The molecule has 7 nitrogen and oxygen atoms in total. The number of nitrogens with one attached hydrogen (secondary N) is 1. The molecular formula is C24H21Cl2NO6. The van der Waals surface area contributed by atoms with E-state index in [0.717, 1.165) is 0 Å². The summed E-state index contributed by atoms with van der Waals surface area (Å²) >= 11 is 12.1. The first-order valence-electron chi connectivity index (χ1n) is 9.83. The summed E-state index contributed by atoms with van der Waals surface area (Å²) in [5, 5.41) is 31.7. The Labute approximate surface area is 200 Å². The highest BCUT2D eigenvalue weighted by Crippen LogP contribution is 2.36. The Hall–Kier alpha value is -3.10. The predicted octanol–water partition coefficient (Wildman–Crippen LogP) is 4.08. The molecule has 3 rings (SSSR count). The van der Waals surface area contributed by atoms with Crippen molar-refractivity contribution in [2.24, 2.45) is 0 Å². The maximum atomic E-state index is 12.6. The van der Waals surface area contributed by atoms with Crippen molar-refractivity contribution in [3.05, 3.63) is 87.4 Å². The van der Waals surface area contributed by atoms with E-state index in [4.69, 9.17) is 27.9 Å². The van der Waals surface area contributed by atoms with Crippen LogP contribution in [0, 0.1) is 0 Å². The van der Waals surface area contributed by atoms with Crippen LogP contribution in [0.4, 0.5) is 0 Å². The molecule has 0 heterocycles. The van der Waals surface area contributed by atoms with Crippen LogP contribution in [0.15, 0.2) is 60.7 Å². The molecular weight excluding hydrogens is 469 g/mol. The number of rotatable bonds is 8. The first-order chi connectivity index (χ1) is 15.7. The highest BCUT2D eigenvalue weighted by Gasteiger charge is 2.24. The van der Waals surface area contributed by atoms with Crippen molar-refractivity contribution in [3.8, 4) is 16.9 Å². The highest BCUT2D eigenvalue weighted by atomic mass is 35.5. The van der Waals surface area contributed by atoms with E-state index in [1.54, 1.807) is 48.5 Å². The molecule has 0 aliphatic carbocycles. The Bertz CT molecular complexity index is 1140. The summed E-state index contributed by atoms with van der Waals surface area (Å²) in [5.74, 6) is -1.45. The number of carbonyl (C=O) groups is 2. The number of methoxy groups -OCH3 is 1. The quantitative estimate of drug-likeness (QED) is 0.354. The van der Waals surface area contributed by atoms with Gasteiger partial charge in [-0.1, -0.05) is 65.7 Å². The second kappa shape index (κ2) is 10.7. The van der Waals surface area contributed by atoms with Crippen LogP contribution in [0.1, 0.15) is 27.8 Å². The fourth-order valence-corrected chi connectivity index (χ4v) is 4.00. The van der Waals surface area contributed by atoms with Crippen LogP contribution < -0.4 is 10.1 Å². The summed E-state index contributed by atoms with van der Waals surface area (Å²) in [4.78, 5) is 24.4. The largest absolute Gasteiger partial charge is 0.496 e. The second-order valence-electron chi connectivity index (χ2n) is 7.16. The van der Waals surface area contributed by atoms with Crippen molar-refractivity contribution in [1.29, 1.82) is 0 Å². The minimum absolute atomic E-state index is 0.00479. The molecule has 0 saturated heterocycles. The third-order valence-corrected chi connectivity index (χ3v) is 5.66. The number of hydrogen-bond acceptors (Lipinski definition) is 5. The summed E-state index contributed by atoms with van der Waals surface area (Å²) in [6.45, 7) is 0. The molecule has 9 heteroatoms. The molecule has 1 atom stereocenters. The number of ether oxygens (including phenoxy) is 1. The van der Waals surface area contributed by atoms with Crippen LogP contribution in [0.3, 0.4) is 0 Å². The number of aliphatic hydroxyl groups excluding tert-OH is 1. The normalized spacial score (nSPS) is 11.8. The Morgan fingerprint density at radius 1 is 0.970 bits per heavy atom. The van der Waals surface area contributed by atoms with E-state index < -0.39 is 24.2 Å². The zero-order valence-corrected chi connectivity index (χ0v) is 19.0. The maximum absolute atomic E-state index is 12.6. The van der Waals surface area contributed by atoms with E-state index in [-0.39, 0.29) is 27.6 Å². The van der Waals surface area contributed by atoms with Gasteiger partial charge in [0.05, 0.1) is 22.7 Å². The average Bonchev–Trinajstić information content (AvgIpc) is 2.78. The maximum Gasteiger partial charge on any atom is 0.326 e. The molecule has 0 aliphatic heterocycles. The molecule has 0 aromatic heterocycles. The Morgan fingerprint density at radius 3 is 2.12 bits per heavy atom. The van der Waals surface area contributed by atoms with E-state index in [0.29, 0.717) is 22.4 Å². The van der Waals surface area contributed by atoms with Gasteiger partial charge in [0.1, 0.15) is 11.8 Å². The lowest BCUT2D eigenvalue weighted by Gasteiger charge is -2.17. The summed E-state index contributed by atoms with van der Waals surface area (Å²) in [6.07, 6.45) is -1.69. The number of amides is 1. The number of carboxylic acid groups (broad SMARTS) is 1. The van der Waals surface area contributed by atoms with Crippen molar-refractivity contribution >= 4 is 35.1 Å². The van der Waals surface area contributed by atoms with Crippen LogP contribution in [-0.4, -0.2) is 40.3 Å². The standard InChI is InChI=1S/C24H21Cl2NO6/c1-33-19-7-2-4-15(23(29)30)20(19)14-10-8-13(9-11-14)12-18(24(31)32)27-22(28)21-16(25)5-3-6-17(21)26/h2-11,18,23,29-30H,12H2,1H3,(H,27,28)(H,31,32)/t18-/m0/s1. The molecule has 172 valence electrons. The van der Waals surface area contributed by atoms with Gasteiger partial charge in [0.15, 0.2) is 6.29 Å². The van der Waals surface area contributed by atoms with Crippen LogP contribution >= 0.6 is 23.2 Å². The van der Waals surface area contributed by atoms with Crippen LogP contribution in [-0.2, 0) is 11.2 Å². The van der Waals surface area contributed by atoms with Gasteiger partial charge in [-0.15, -0.1) is 0 Å². The molecule has 0 radical (unpaired) electrons. The first kappa shape index (κ1) is 24.5. The number of halogens is 2. The molecule has 0 bridgehead atoms. The van der Waals surface area contributed by atoms with Crippen molar-refractivity contribution in [1.82, 2.24) is 5.32 Å². The summed E-state index contributed by atoms with van der Waals surface area (Å²) in [7, 11) is 1.48. The highest BCUT2D eigenvalue weighted by molar-refractivity contribution is 6.39. The van der Waals surface area contributed by atoms with E-state index in [2.05, 4.69) is 5.32 Å². The van der Waals surface area contributed by atoms with Gasteiger partial charge in [-0.05, 0) is 29.3 Å². The minimum atomic E-state index is -1.70. The van der Waals surface area contributed by atoms with Crippen molar-refractivity contribution in [3.63, 3.8) is 0 Å². The van der Waals surface area contributed by atoms with Gasteiger partial charge in [-0.2, -0.15) is 0 Å². The second-order valence-corrected chi connectivity index (χ2v) is 7.97. The molecule has 33 heavy (non-hydrogen) atoms. The molecule has 0 unspecified atom stereocenters. The van der Waals surface area contributed by atoms with E-state index >= 15 is 0 Å². The number of carboxylic acids is 1. The zero-order chi connectivity index (χ0) is 24.1. The number of aliphatic carboxylic acids is 1. The number of carbonyl (C=O) groups excluding carboxylic acids is 1. The van der Waals surface area contributed by atoms with E-state index in [1.165, 1.54) is 19.2 Å². The number of aliphatic hydroxyl groups is 2. The lowest BCUT2D eigenvalue weighted by atomic mass is 9.96. The molecule has 3 aromatic carbocycles. The molecule has 0 aliphatic rings. The fourth-order valence-electron chi connectivity index (χ4n) is 3.43. The smallest absolute Gasteiger partial charge is 0.326 e. The SMILES string of the molecule is COc1cccc(C(O)O)c1-c1ccc(C[C@H](NC(=O)c2c(Cl)cccc2Cl)C(=O)O)cc1. The fraction of sp³-hybridized carbons (Fsp3) is 0.167. The molecule has 1 amide bonds. The van der Waals surface area contributed by atoms with Gasteiger partial charge < -0.3 is 25.4 Å². The first-order valence-corrected chi connectivity index (χ1v) is 10.6. The lowest BCUT2D eigenvalue weighted by molar-refractivity contribution is -0.139. The van der Waals surface area contributed by atoms with Crippen LogP contribution in [0.5, 0.6) is 5.75 Å². The summed E-state index contributed by atoms with van der Waals surface area (Å²) in [6, 6.07) is 15.1. The Morgan fingerprint density at radius 2 is 1.58 bits per heavy atom. The Kier molecular flexibility index (Phi) is 7.94. The molecule has 3 aromatic rings.